The Kier molecular flexibility index (Phi) is 5.32. The Morgan fingerprint density at radius 3 is 2.74 bits per heavy atom. The van der Waals surface area contributed by atoms with Crippen molar-refractivity contribution in [1.82, 2.24) is 9.29 Å². The van der Waals surface area contributed by atoms with Crippen LogP contribution in [0.4, 0.5) is 5.69 Å². The number of benzene rings is 2. The number of sulfonamides is 1. The number of aromatic nitrogens is 1. The van der Waals surface area contributed by atoms with Gasteiger partial charge in [0.05, 0.1) is 21.2 Å². The minimum Gasteiger partial charge on any atom is -0.312 e. The molecule has 0 N–H and O–H groups in total. The second-order valence-corrected chi connectivity index (χ2v) is 11.2. The predicted molar refractivity (Wildman–Crippen MR) is 123 cm³/mol. The Morgan fingerprint density at radius 2 is 1.94 bits per heavy atom. The molecule has 2 aliphatic rings. The zero-order valence-electron chi connectivity index (χ0n) is 17.5. The first-order valence-electron chi connectivity index (χ1n) is 10.7. The molecule has 162 valence electrons. The van der Waals surface area contributed by atoms with Gasteiger partial charge in [-0.05, 0) is 61.6 Å². The van der Waals surface area contributed by atoms with Crippen LogP contribution in [-0.2, 0) is 21.2 Å². The highest BCUT2D eigenvalue weighted by atomic mass is 32.2. The molecule has 0 aliphatic carbocycles. The molecule has 5 rings (SSSR count). The number of rotatable bonds is 3. The predicted octanol–water partition coefficient (Wildman–Crippen LogP) is 4.51. The van der Waals surface area contributed by atoms with Gasteiger partial charge >= 0.3 is 0 Å². The highest BCUT2D eigenvalue weighted by Gasteiger charge is 2.36. The summed E-state index contributed by atoms with van der Waals surface area (Å²) in [5.41, 5.74) is 2.68. The van der Waals surface area contributed by atoms with Crippen LogP contribution in [0.25, 0.3) is 10.2 Å². The third-order valence-corrected chi connectivity index (χ3v) is 9.25. The molecule has 0 saturated carbocycles. The molecule has 3 heterocycles. The lowest BCUT2D eigenvalue weighted by molar-refractivity contribution is -0.116. The minimum atomic E-state index is -3.67. The number of nitrogens with zero attached hydrogens (tertiary/aromatic N) is 3. The van der Waals surface area contributed by atoms with Gasteiger partial charge in [-0.1, -0.05) is 18.6 Å². The van der Waals surface area contributed by atoms with Crippen molar-refractivity contribution in [2.75, 3.05) is 18.0 Å². The van der Waals surface area contributed by atoms with Gasteiger partial charge in [-0.2, -0.15) is 4.31 Å². The Morgan fingerprint density at radius 1 is 1.10 bits per heavy atom. The molecule has 1 aromatic heterocycles. The van der Waals surface area contributed by atoms with Crippen molar-refractivity contribution in [3.63, 3.8) is 0 Å². The molecule has 3 aromatic rings. The highest BCUT2D eigenvalue weighted by molar-refractivity contribution is 7.89. The van der Waals surface area contributed by atoms with Gasteiger partial charge < -0.3 is 4.90 Å². The average Bonchev–Trinajstić information content (AvgIpc) is 3.22. The number of para-hydroxylation sites is 1. The molecule has 0 radical (unpaired) electrons. The third kappa shape index (κ3) is 3.66. The topological polar surface area (TPSA) is 70.6 Å². The maximum absolute atomic E-state index is 13.7. The highest BCUT2D eigenvalue weighted by Crippen LogP contribution is 2.39. The smallest absolute Gasteiger partial charge is 0.243 e. The zero-order valence-corrected chi connectivity index (χ0v) is 19.1. The average molecular weight is 456 g/mol. The van der Waals surface area contributed by atoms with E-state index in [2.05, 4.69) is 0 Å². The molecular weight excluding hydrogens is 430 g/mol. The van der Waals surface area contributed by atoms with E-state index in [-0.39, 0.29) is 11.9 Å². The van der Waals surface area contributed by atoms with E-state index in [1.54, 1.807) is 45.7 Å². The molecule has 1 fully saturated rings. The maximum atomic E-state index is 13.7. The van der Waals surface area contributed by atoms with E-state index < -0.39 is 10.0 Å². The monoisotopic (exact) mass is 455 g/mol. The van der Waals surface area contributed by atoms with Crippen molar-refractivity contribution < 1.29 is 13.2 Å². The number of hydrogen-bond donors (Lipinski definition) is 0. The van der Waals surface area contributed by atoms with Crippen LogP contribution in [0.2, 0.25) is 0 Å². The summed E-state index contributed by atoms with van der Waals surface area (Å²) in [4.78, 5) is 18.8. The van der Waals surface area contributed by atoms with E-state index in [0.717, 1.165) is 58.6 Å². The summed E-state index contributed by atoms with van der Waals surface area (Å²) in [6, 6.07) is 12.9. The lowest BCUT2D eigenvalue weighted by Gasteiger charge is -2.34. The van der Waals surface area contributed by atoms with Crippen LogP contribution in [-0.4, -0.2) is 36.7 Å². The van der Waals surface area contributed by atoms with Crippen LogP contribution in [0.1, 0.15) is 49.2 Å². The Hall–Kier alpha value is -2.29. The molecule has 1 saturated heterocycles. The number of carbonyl (C=O) groups excluding carboxylic acids is 1. The van der Waals surface area contributed by atoms with Crippen LogP contribution in [0, 0.1) is 0 Å². The lowest BCUT2D eigenvalue weighted by atomic mass is 10.0. The summed E-state index contributed by atoms with van der Waals surface area (Å²) in [6.45, 7) is 2.73. The molecule has 2 aliphatic heterocycles. The third-order valence-electron chi connectivity index (χ3n) is 6.21. The van der Waals surface area contributed by atoms with Gasteiger partial charge in [0, 0.05) is 25.7 Å². The molecule has 31 heavy (non-hydrogen) atoms. The van der Waals surface area contributed by atoms with E-state index >= 15 is 0 Å². The maximum Gasteiger partial charge on any atom is 0.243 e. The van der Waals surface area contributed by atoms with Gasteiger partial charge in [0.2, 0.25) is 15.9 Å². The Balaban J connectivity index is 1.52. The van der Waals surface area contributed by atoms with Crippen molar-refractivity contribution in [1.29, 1.82) is 0 Å². The summed E-state index contributed by atoms with van der Waals surface area (Å²) >= 11 is 1.58. The minimum absolute atomic E-state index is 0.0107. The fourth-order valence-corrected chi connectivity index (χ4v) is 7.56. The molecule has 2 aromatic carbocycles. The molecule has 0 spiro atoms. The summed E-state index contributed by atoms with van der Waals surface area (Å²) in [6.07, 6.45) is 4.24. The zero-order chi connectivity index (χ0) is 21.6. The summed E-state index contributed by atoms with van der Waals surface area (Å²) in [7, 11) is -3.67. The number of aryl methyl sites for hydroxylation is 1. The van der Waals surface area contributed by atoms with Gasteiger partial charge in [-0.25, -0.2) is 13.4 Å². The van der Waals surface area contributed by atoms with Gasteiger partial charge in [0.1, 0.15) is 5.01 Å². The summed E-state index contributed by atoms with van der Waals surface area (Å²) in [5.74, 6) is -0.0107. The van der Waals surface area contributed by atoms with E-state index in [1.807, 2.05) is 24.3 Å². The van der Waals surface area contributed by atoms with Crippen LogP contribution in [0.15, 0.2) is 47.4 Å². The quantitative estimate of drug-likeness (QED) is 0.583. The van der Waals surface area contributed by atoms with Crippen LogP contribution in [0.3, 0.4) is 0 Å². The Bertz CT molecular complexity index is 1220. The Labute approximate surface area is 186 Å². The van der Waals surface area contributed by atoms with E-state index in [0.29, 0.717) is 18.0 Å². The van der Waals surface area contributed by atoms with Crippen molar-refractivity contribution in [2.24, 2.45) is 0 Å². The van der Waals surface area contributed by atoms with Crippen molar-refractivity contribution in [3.05, 3.63) is 53.0 Å². The number of thiazole rings is 1. The SMILES string of the molecule is CC(=O)N1CCCc2cc(S(=O)(=O)N3CCCC[C@@H]3c3nc4ccccc4s3)ccc21. The van der Waals surface area contributed by atoms with Crippen LogP contribution >= 0.6 is 11.3 Å². The fourth-order valence-electron chi connectivity index (χ4n) is 4.67. The van der Waals surface area contributed by atoms with Gasteiger partial charge in [0.25, 0.3) is 0 Å². The van der Waals surface area contributed by atoms with E-state index in [1.165, 1.54) is 0 Å². The van der Waals surface area contributed by atoms with Crippen LogP contribution < -0.4 is 4.90 Å². The van der Waals surface area contributed by atoms with E-state index in [4.69, 9.17) is 4.98 Å². The number of hydrogen-bond acceptors (Lipinski definition) is 5. The van der Waals surface area contributed by atoms with Gasteiger partial charge in [0.15, 0.2) is 0 Å². The molecule has 1 amide bonds. The first-order valence-corrected chi connectivity index (χ1v) is 13.0. The molecule has 0 unspecified atom stereocenters. The van der Waals surface area contributed by atoms with E-state index in [9.17, 15) is 13.2 Å². The summed E-state index contributed by atoms with van der Waals surface area (Å²) < 4.78 is 30.1. The van der Waals surface area contributed by atoms with Gasteiger partial charge in [-0.3, -0.25) is 4.79 Å². The number of fused-ring (bicyclic) bond motifs is 2. The second-order valence-electron chi connectivity index (χ2n) is 8.21. The molecule has 1 atom stereocenters. The number of carbonyl (C=O) groups is 1. The standard InChI is InChI=1S/C23H25N3O3S2/c1-16(27)25-13-6-7-17-15-18(11-12-20(17)25)31(28,29)26-14-5-4-9-21(26)23-24-19-8-2-3-10-22(19)30-23/h2-3,8,10-12,15,21H,4-7,9,13-14H2,1H3/t21-/m1/s1. The largest absolute Gasteiger partial charge is 0.312 e. The molecular formula is C23H25N3O3S2. The number of anilines is 1. The second kappa shape index (κ2) is 8.00. The molecule has 8 heteroatoms. The molecule has 0 bridgehead atoms. The first kappa shape index (κ1) is 20.6. The summed E-state index contributed by atoms with van der Waals surface area (Å²) in [5, 5.41) is 0.866. The van der Waals surface area contributed by atoms with Crippen molar-refractivity contribution in [3.8, 4) is 0 Å². The fraction of sp³-hybridized carbons (Fsp3) is 0.391. The van der Waals surface area contributed by atoms with Gasteiger partial charge in [-0.15, -0.1) is 11.3 Å². The molecule has 6 nitrogen and oxygen atoms in total. The van der Waals surface area contributed by atoms with Crippen molar-refractivity contribution >= 4 is 43.2 Å². The lowest BCUT2D eigenvalue weighted by Crippen LogP contribution is -2.38. The first-order chi connectivity index (χ1) is 14.9. The van der Waals surface area contributed by atoms with Crippen molar-refractivity contribution in [2.45, 2.75) is 50.0 Å². The number of amides is 1. The van der Waals surface area contributed by atoms with Crippen LogP contribution in [0.5, 0.6) is 0 Å². The number of piperidine rings is 1. The normalized spacial score (nSPS) is 20.0.